The number of benzene rings is 1. The number of piperidine rings is 3. The molecule has 4 heterocycles. The Balaban J connectivity index is 1.56. The van der Waals surface area contributed by atoms with Gasteiger partial charge in [-0.25, -0.2) is 4.39 Å². The van der Waals surface area contributed by atoms with Crippen LogP contribution in [0.15, 0.2) is 47.4 Å². The predicted octanol–water partition coefficient (Wildman–Crippen LogP) is 1.80. The van der Waals surface area contributed by atoms with Crippen LogP contribution < -0.4 is 10.9 Å². The van der Waals surface area contributed by atoms with E-state index < -0.39 is 0 Å². The monoisotopic (exact) mass is 341 g/mol. The third-order valence-corrected chi connectivity index (χ3v) is 5.25. The summed E-state index contributed by atoms with van der Waals surface area (Å²) >= 11 is 0. The number of pyridine rings is 1. The molecular weight excluding hydrogens is 321 g/mol. The first-order valence-electron chi connectivity index (χ1n) is 8.62. The fourth-order valence-electron chi connectivity index (χ4n) is 3.81. The van der Waals surface area contributed by atoms with Crippen molar-refractivity contribution in [3.63, 3.8) is 0 Å². The molecule has 0 saturated carbocycles. The van der Waals surface area contributed by atoms with Gasteiger partial charge in [-0.2, -0.15) is 0 Å². The smallest absolute Gasteiger partial charge is 0.255 e. The number of fused-ring (bicyclic) bond motifs is 3. The predicted molar refractivity (Wildman–Crippen MR) is 92.4 cm³/mol. The maximum Gasteiger partial charge on any atom is 0.255 e. The molecule has 2 aromatic rings. The SMILES string of the molecule is O=C(NC1CN2CCC1CC2)c1ccc(=O)n(-c2ccc(F)cc2)c1. The highest BCUT2D eigenvalue weighted by molar-refractivity contribution is 5.94. The normalized spacial score (nSPS) is 24.9. The first-order chi connectivity index (χ1) is 12.1. The molecule has 5 nitrogen and oxygen atoms in total. The number of carbonyl (C=O) groups excluding carboxylic acids is 1. The molecule has 130 valence electrons. The minimum absolute atomic E-state index is 0.168. The molecule has 3 saturated heterocycles. The van der Waals surface area contributed by atoms with E-state index in [0.717, 1.165) is 32.5 Å². The molecule has 2 bridgehead atoms. The van der Waals surface area contributed by atoms with Crippen molar-refractivity contribution >= 4 is 5.91 Å². The van der Waals surface area contributed by atoms with Gasteiger partial charge in [-0.15, -0.1) is 0 Å². The summed E-state index contributed by atoms with van der Waals surface area (Å²) in [5.74, 6) is -0.000358. The molecule has 1 aromatic carbocycles. The van der Waals surface area contributed by atoms with Crippen LogP contribution in [-0.2, 0) is 0 Å². The van der Waals surface area contributed by atoms with Gasteiger partial charge in [0.15, 0.2) is 0 Å². The van der Waals surface area contributed by atoms with E-state index in [9.17, 15) is 14.0 Å². The maximum absolute atomic E-state index is 13.1. The summed E-state index contributed by atoms with van der Waals surface area (Å²) in [4.78, 5) is 27.1. The van der Waals surface area contributed by atoms with E-state index >= 15 is 0 Å². The lowest BCUT2D eigenvalue weighted by molar-refractivity contribution is 0.0620. The van der Waals surface area contributed by atoms with Gasteiger partial charge in [0.1, 0.15) is 5.82 Å². The number of halogens is 1. The molecule has 1 atom stereocenters. The van der Waals surface area contributed by atoms with E-state index in [1.54, 1.807) is 6.07 Å². The first kappa shape index (κ1) is 16.0. The number of amides is 1. The summed E-state index contributed by atoms with van der Waals surface area (Å²) < 4.78 is 14.5. The van der Waals surface area contributed by atoms with Crippen molar-refractivity contribution in [1.29, 1.82) is 0 Å². The Bertz CT molecular complexity index is 838. The molecule has 3 fully saturated rings. The van der Waals surface area contributed by atoms with Crippen molar-refractivity contribution in [1.82, 2.24) is 14.8 Å². The maximum atomic E-state index is 13.1. The zero-order valence-corrected chi connectivity index (χ0v) is 13.8. The van der Waals surface area contributed by atoms with Crippen LogP contribution in [0.5, 0.6) is 0 Å². The fourth-order valence-corrected chi connectivity index (χ4v) is 3.81. The molecule has 6 heteroatoms. The molecule has 3 aliphatic heterocycles. The molecule has 1 aromatic heterocycles. The third-order valence-electron chi connectivity index (χ3n) is 5.25. The Morgan fingerprint density at radius 3 is 2.44 bits per heavy atom. The van der Waals surface area contributed by atoms with Crippen LogP contribution in [0.1, 0.15) is 23.2 Å². The Morgan fingerprint density at radius 1 is 1.08 bits per heavy atom. The third kappa shape index (κ3) is 3.22. The number of nitrogens with zero attached hydrogens (tertiary/aromatic N) is 2. The molecular formula is C19H20FN3O2. The molecule has 1 unspecified atom stereocenters. The lowest BCUT2D eigenvalue weighted by atomic mass is 9.84. The Hall–Kier alpha value is -2.47. The minimum Gasteiger partial charge on any atom is -0.348 e. The molecule has 0 aliphatic carbocycles. The highest BCUT2D eigenvalue weighted by Gasteiger charge is 2.34. The van der Waals surface area contributed by atoms with Crippen LogP contribution in [0.4, 0.5) is 4.39 Å². The number of nitrogens with one attached hydrogen (secondary N) is 1. The topological polar surface area (TPSA) is 54.3 Å². The van der Waals surface area contributed by atoms with Crippen molar-refractivity contribution in [3.8, 4) is 5.69 Å². The Kier molecular flexibility index (Phi) is 4.13. The van der Waals surface area contributed by atoms with Crippen LogP contribution in [0.2, 0.25) is 0 Å². The molecule has 25 heavy (non-hydrogen) atoms. The second kappa shape index (κ2) is 6.44. The highest BCUT2D eigenvalue weighted by Crippen LogP contribution is 2.27. The van der Waals surface area contributed by atoms with Gasteiger partial charge < -0.3 is 10.2 Å². The molecule has 3 aliphatic rings. The summed E-state index contributed by atoms with van der Waals surface area (Å²) in [6, 6.07) is 8.70. The van der Waals surface area contributed by atoms with Gasteiger partial charge in [0.05, 0.1) is 5.56 Å². The van der Waals surface area contributed by atoms with Gasteiger partial charge in [0, 0.05) is 30.5 Å². The molecule has 0 radical (unpaired) electrons. The fraction of sp³-hybridized carbons (Fsp3) is 0.368. The van der Waals surface area contributed by atoms with Gasteiger partial charge >= 0.3 is 0 Å². The summed E-state index contributed by atoms with van der Waals surface area (Å²) in [5, 5.41) is 3.12. The molecule has 1 N–H and O–H groups in total. The molecule has 5 rings (SSSR count). The largest absolute Gasteiger partial charge is 0.348 e. The zero-order chi connectivity index (χ0) is 17.4. The van der Waals surface area contributed by atoms with Gasteiger partial charge in [-0.1, -0.05) is 0 Å². The standard InChI is InChI=1S/C19H20FN3O2/c20-15-2-4-16(5-3-15)23-11-14(1-6-18(23)24)19(25)21-17-12-22-9-7-13(17)8-10-22/h1-6,11,13,17H,7-10,12H2,(H,21,25). The number of carbonyl (C=O) groups is 1. The molecule has 1 amide bonds. The average Bonchev–Trinajstić information content (AvgIpc) is 2.64. The van der Waals surface area contributed by atoms with Crippen LogP contribution in [-0.4, -0.2) is 41.1 Å². The van der Waals surface area contributed by atoms with Gasteiger partial charge in [0.2, 0.25) is 0 Å². The van der Waals surface area contributed by atoms with Crippen LogP contribution in [0.25, 0.3) is 5.69 Å². The lowest BCUT2D eigenvalue weighted by Gasteiger charge is -2.44. The van der Waals surface area contributed by atoms with Crippen LogP contribution in [0, 0.1) is 11.7 Å². The van der Waals surface area contributed by atoms with Crippen molar-refractivity contribution < 1.29 is 9.18 Å². The number of aromatic nitrogens is 1. The van der Waals surface area contributed by atoms with E-state index in [2.05, 4.69) is 10.2 Å². The zero-order valence-electron chi connectivity index (χ0n) is 13.8. The summed E-state index contributed by atoms with van der Waals surface area (Å²) in [5.41, 5.74) is 0.704. The number of hydrogen-bond acceptors (Lipinski definition) is 3. The lowest BCUT2D eigenvalue weighted by Crippen LogP contribution is -2.57. The number of hydrogen-bond donors (Lipinski definition) is 1. The van der Waals surface area contributed by atoms with Crippen molar-refractivity contribution in [2.24, 2.45) is 5.92 Å². The minimum atomic E-state index is -0.368. The van der Waals surface area contributed by atoms with Crippen LogP contribution >= 0.6 is 0 Å². The molecule has 0 spiro atoms. The van der Waals surface area contributed by atoms with Crippen LogP contribution in [0.3, 0.4) is 0 Å². The highest BCUT2D eigenvalue weighted by atomic mass is 19.1. The van der Waals surface area contributed by atoms with E-state index in [-0.39, 0.29) is 23.3 Å². The van der Waals surface area contributed by atoms with Crippen molar-refractivity contribution in [2.75, 3.05) is 19.6 Å². The van der Waals surface area contributed by atoms with E-state index in [0.29, 0.717) is 17.2 Å². The van der Waals surface area contributed by atoms with E-state index in [4.69, 9.17) is 0 Å². The Morgan fingerprint density at radius 2 is 1.80 bits per heavy atom. The van der Waals surface area contributed by atoms with E-state index in [1.807, 2.05) is 0 Å². The van der Waals surface area contributed by atoms with Crippen molar-refractivity contribution in [2.45, 2.75) is 18.9 Å². The van der Waals surface area contributed by atoms with Gasteiger partial charge in [-0.05, 0) is 62.2 Å². The average molecular weight is 341 g/mol. The second-order valence-electron chi connectivity index (χ2n) is 6.82. The summed E-state index contributed by atoms with van der Waals surface area (Å²) in [6.07, 6.45) is 3.77. The Labute approximate surface area is 145 Å². The second-order valence-corrected chi connectivity index (χ2v) is 6.82. The first-order valence-corrected chi connectivity index (χ1v) is 8.62. The van der Waals surface area contributed by atoms with E-state index in [1.165, 1.54) is 41.1 Å². The van der Waals surface area contributed by atoms with Gasteiger partial charge in [0.25, 0.3) is 11.5 Å². The van der Waals surface area contributed by atoms with Gasteiger partial charge in [-0.3, -0.25) is 14.2 Å². The summed E-state index contributed by atoms with van der Waals surface area (Å²) in [7, 11) is 0. The van der Waals surface area contributed by atoms with Crippen molar-refractivity contribution in [3.05, 3.63) is 64.3 Å². The quantitative estimate of drug-likeness (QED) is 0.926. The number of rotatable bonds is 3. The summed E-state index contributed by atoms with van der Waals surface area (Å²) in [6.45, 7) is 3.13.